The van der Waals surface area contributed by atoms with Gasteiger partial charge in [-0.3, -0.25) is 0 Å². The molecule has 0 amide bonds. The lowest BCUT2D eigenvalue weighted by Crippen LogP contribution is -2.21. The van der Waals surface area contributed by atoms with Crippen molar-refractivity contribution in [2.45, 2.75) is 19.3 Å². The van der Waals surface area contributed by atoms with E-state index in [9.17, 15) is 0 Å². The van der Waals surface area contributed by atoms with Gasteiger partial charge in [0, 0.05) is 32.8 Å². The molecule has 9 aromatic rings. The van der Waals surface area contributed by atoms with Crippen LogP contribution >= 0.6 is 0 Å². The molecule has 1 aliphatic rings. The SMILES string of the molecule is CC1(C)c2ccccc2-c2cc3ccccc3c(N(c3ccc4oc5ccccc5c4c3)c3ccccc3-c3ccccc3-c3ccccc3)c21. The molecule has 51 heavy (non-hydrogen) atoms. The van der Waals surface area contributed by atoms with E-state index >= 15 is 0 Å². The van der Waals surface area contributed by atoms with Crippen LogP contribution in [-0.2, 0) is 5.41 Å². The van der Waals surface area contributed by atoms with E-state index in [-0.39, 0.29) is 5.41 Å². The van der Waals surface area contributed by atoms with Crippen LogP contribution in [0.1, 0.15) is 25.0 Å². The van der Waals surface area contributed by atoms with Gasteiger partial charge in [0.25, 0.3) is 0 Å². The van der Waals surface area contributed by atoms with Gasteiger partial charge in [0.2, 0.25) is 0 Å². The molecule has 2 heteroatoms. The second kappa shape index (κ2) is 11.3. The van der Waals surface area contributed by atoms with E-state index in [0.29, 0.717) is 0 Å². The number of rotatable bonds is 5. The van der Waals surface area contributed by atoms with Gasteiger partial charge in [-0.05, 0) is 80.7 Å². The van der Waals surface area contributed by atoms with Crippen LogP contribution in [0.3, 0.4) is 0 Å². The summed E-state index contributed by atoms with van der Waals surface area (Å²) in [6, 6.07) is 63.7. The van der Waals surface area contributed by atoms with Gasteiger partial charge >= 0.3 is 0 Å². The predicted molar refractivity (Wildman–Crippen MR) is 214 cm³/mol. The molecule has 0 bridgehead atoms. The third-order valence-electron chi connectivity index (χ3n) is 10.8. The van der Waals surface area contributed by atoms with Crippen molar-refractivity contribution in [2.24, 2.45) is 0 Å². The summed E-state index contributed by atoms with van der Waals surface area (Å²) in [5.41, 5.74) is 15.0. The van der Waals surface area contributed by atoms with Crippen molar-refractivity contribution in [3.63, 3.8) is 0 Å². The number of para-hydroxylation sites is 2. The molecule has 0 aliphatic heterocycles. The van der Waals surface area contributed by atoms with E-state index in [1.165, 1.54) is 61.0 Å². The highest BCUT2D eigenvalue weighted by Gasteiger charge is 2.40. The van der Waals surface area contributed by atoms with E-state index in [0.717, 1.165) is 33.3 Å². The van der Waals surface area contributed by atoms with Crippen LogP contribution in [-0.4, -0.2) is 0 Å². The van der Waals surface area contributed by atoms with Crippen LogP contribution in [0.25, 0.3) is 66.1 Å². The molecule has 0 saturated heterocycles. The number of furan rings is 1. The number of benzene rings is 8. The highest BCUT2D eigenvalue weighted by Crippen LogP contribution is 2.57. The Morgan fingerprint density at radius 2 is 1.08 bits per heavy atom. The Kier molecular flexibility index (Phi) is 6.56. The molecule has 0 atom stereocenters. The highest BCUT2D eigenvalue weighted by molar-refractivity contribution is 6.11. The van der Waals surface area contributed by atoms with Crippen molar-refractivity contribution >= 4 is 49.8 Å². The fourth-order valence-electron chi connectivity index (χ4n) is 8.53. The van der Waals surface area contributed by atoms with Crippen molar-refractivity contribution in [2.75, 3.05) is 4.90 Å². The van der Waals surface area contributed by atoms with Crippen LogP contribution in [0.4, 0.5) is 17.1 Å². The van der Waals surface area contributed by atoms with E-state index < -0.39 is 0 Å². The quantitative estimate of drug-likeness (QED) is 0.184. The number of nitrogens with zero attached hydrogens (tertiary/aromatic N) is 1. The van der Waals surface area contributed by atoms with Gasteiger partial charge in [0.05, 0.1) is 11.4 Å². The predicted octanol–water partition coefficient (Wildman–Crippen LogP) is 13.8. The zero-order valence-corrected chi connectivity index (χ0v) is 28.6. The zero-order valence-electron chi connectivity index (χ0n) is 28.6. The summed E-state index contributed by atoms with van der Waals surface area (Å²) in [5.74, 6) is 0. The standard InChI is InChI=1S/C49H35NO/c1-49(2)43-25-13-10-22-38(43)42-30-33-18-6-7-20-36(33)48(47(42)49)50(34-28-29-46-41(31-34)40-24-12-15-27-45(40)51-46)44-26-14-11-23-39(44)37-21-9-8-19-35(37)32-16-4-3-5-17-32/h3-31H,1-2H3. The topological polar surface area (TPSA) is 16.4 Å². The Labute approximate surface area is 297 Å². The molecule has 8 aromatic carbocycles. The first-order chi connectivity index (χ1) is 25.1. The van der Waals surface area contributed by atoms with E-state index in [1.807, 2.05) is 6.07 Å². The van der Waals surface area contributed by atoms with Gasteiger partial charge in [-0.15, -0.1) is 0 Å². The summed E-state index contributed by atoms with van der Waals surface area (Å²) in [4.78, 5) is 2.53. The van der Waals surface area contributed by atoms with E-state index in [1.54, 1.807) is 0 Å². The van der Waals surface area contributed by atoms with E-state index in [2.05, 4.69) is 189 Å². The Hall–Kier alpha value is -6.38. The van der Waals surface area contributed by atoms with Crippen LogP contribution in [0.15, 0.2) is 180 Å². The van der Waals surface area contributed by atoms with Crippen LogP contribution < -0.4 is 4.90 Å². The monoisotopic (exact) mass is 653 g/mol. The molecular formula is C49H35NO. The molecule has 2 nitrogen and oxygen atoms in total. The maximum absolute atomic E-state index is 6.36. The summed E-state index contributed by atoms with van der Waals surface area (Å²) in [7, 11) is 0. The fraction of sp³-hybridized carbons (Fsp3) is 0.0612. The van der Waals surface area contributed by atoms with Gasteiger partial charge < -0.3 is 9.32 Å². The molecule has 0 N–H and O–H groups in total. The van der Waals surface area contributed by atoms with Crippen molar-refractivity contribution in [1.29, 1.82) is 0 Å². The smallest absolute Gasteiger partial charge is 0.135 e. The lowest BCUT2D eigenvalue weighted by atomic mass is 9.80. The summed E-state index contributed by atoms with van der Waals surface area (Å²) in [5, 5.41) is 4.67. The Bertz CT molecular complexity index is 2790. The first-order valence-corrected chi connectivity index (χ1v) is 17.7. The normalized spacial score (nSPS) is 13.1. The molecule has 10 rings (SSSR count). The minimum atomic E-state index is -0.243. The number of hydrogen-bond donors (Lipinski definition) is 0. The molecule has 1 heterocycles. The summed E-state index contributed by atoms with van der Waals surface area (Å²) < 4.78 is 6.36. The average molecular weight is 654 g/mol. The number of anilines is 3. The van der Waals surface area contributed by atoms with Crippen molar-refractivity contribution in [3.05, 3.63) is 187 Å². The summed E-state index contributed by atoms with van der Waals surface area (Å²) >= 11 is 0. The zero-order chi connectivity index (χ0) is 34.1. The average Bonchev–Trinajstić information content (AvgIpc) is 3.67. The largest absolute Gasteiger partial charge is 0.456 e. The van der Waals surface area contributed by atoms with E-state index in [4.69, 9.17) is 4.42 Å². The van der Waals surface area contributed by atoms with Gasteiger partial charge in [-0.1, -0.05) is 153 Å². The maximum Gasteiger partial charge on any atom is 0.135 e. The molecule has 242 valence electrons. The van der Waals surface area contributed by atoms with Gasteiger partial charge in [-0.2, -0.15) is 0 Å². The first-order valence-electron chi connectivity index (χ1n) is 17.7. The van der Waals surface area contributed by atoms with Gasteiger partial charge in [0.1, 0.15) is 11.2 Å². The van der Waals surface area contributed by atoms with Gasteiger partial charge in [-0.25, -0.2) is 0 Å². The lowest BCUT2D eigenvalue weighted by Gasteiger charge is -2.34. The maximum atomic E-state index is 6.36. The number of fused-ring (bicyclic) bond motifs is 7. The summed E-state index contributed by atoms with van der Waals surface area (Å²) in [6.45, 7) is 4.77. The third kappa shape index (κ3) is 4.50. The molecular weight excluding hydrogens is 619 g/mol. The van der Waals surface area contributed by atoms with Gasteiger partial charge in [0.15, 0.2) is 0 Å². The van der Waals surface area contributed by atoms with Crippen molar-refractivity contribution < 1.29 is 4.42 Å². The minimum absolute atomic E-state index is 0.243. The summed E-state index contributed by atoms with van der Waals surface area (Å²) in [6.07, 6.45) is 0. The Balaban J connectivity index is 1.34. The molecule has 0 radical (unpaired) electrons. The lowest BCUT2D eigenvalue weighted by molar-refractivity contribution is 0.661. The second-order valence-electron chi connectivity index (χ2n) is 14.1. The third-order valence-corrected chi connectivity index (χ3v) is 10.8. The van der Waals surface area contributed by atoms with Crippen LogP contribution in [0, 0.1) is 0 Å². The molecule has 1 aromatic heterocycles. The molecule has 1 aliphatic carbocycles. The second-order valence-corrected chi connectivity index (χ2v) is 14.1. The van der Waals surface area contributed by atoms with Crippen LogP contribution in [0.5, 0.6) is 0 Å². The molecule has 0 fully saturated rings. The fourth-order valence-corrected chi connectivity index (χ4v) is 8.53. The first kappa shape index (κ1) is 29.5. The molecule has 0 unspecified atom stereocenters. The highest BCUT2D eigenvalue weighted by atomic mass is 16.3. The minimum Gasteiger partial charge on any atom is -0.456 e. The van der Waals surface area contributed by atoms with Crippen molar-refractivity contribution in [1.82, 2.24) is 0 Å². The number of hydrogen-bond acceptors (Lipinski definition) is 2. The van der Waals surface area contributed by atoms with Crippen LogP contribution in [0.2, 0.25) is 0 Å². The Morgan fingerprint density at radius 1 is 0.451 bits per heavy atom. The van der Waals surface area contributed by atoms with Crippen molar-refractivity contribution in [3.8, 4) is 33.4 Å². The Morgan fingerprint density at radius 3 is 1.92 bits per heavy atom. The molecule has 0 saturated carbocycles. The molecule has 0 spiro atoms.